The Morgan fingerprint density at radius 3 is 2.20 bits per heavy atom. The lowest BCUT2D eigenvalue weighted by Crippen LogP contribution is -2.61. The second kappa shape index (κ2) is 8.38. The zero-order valence-corrected chi connectivity index (χ0v) is 17.6. The van der Waals surface area contributed by atoms with Gasteiger partial charge >= 0.3 is 0 Å². The summed E-state index contributed by atoms with van der Waals surface area (Å²) in [4.78, 5) is 31.0. The van der Waals surface area contributed by atoms with Crippen molar-refractivity contribution in [3.63, 3.8) is 0 Å². The summed E-state index contributed by atoms with van der Waals surface area (Å²) in [5.74, 6) is 0.783. The van der Waals surface area contributed by atoms with Crippen LogP contribution < -0.4 is 9.47 Å². The van der Waals surface area contributed by atoms with Crippen LogP contribution in [-0.4, -0.2) is 54.5 Å². The highest BCUT2D eigenvalue weighted by Gasteiger charge is 2.53. The molecule has 30 heavy (non-hydrogen) atoms. The van der Waals surface area contributed by atoms with Crippen LogP contribution in [0.25, 0.3) is 0 Å². The van der Waals surface area contributed by atoms with E-state index in [1.54, 1.807) is 37.3 Å². The highest BCUT2D eigenvalue weighted by atomic mass is 16.5. The van der Waals surface area contributed by atoms with Crippen molar-refractivity contribution in [1.82, 2.24) is 9.80 Å². The molecule has 1 atom stereocenters. The average molecular weight is 408 g/mol. The van der Waals surface area contributed by atoms with E-state index in [1.807, 2.05) is 35.2 Å². The molecule has 0 aromatic heterocycles. The molecule has 2 amide bonds. The number of nitrogens with zero attached hydrogens (tertiary/aromatic N) is 2. The Morgan fingerprint density at radius 2 is 1.57 bits per heavy atom. The van der Waals surface area contributed by atoms with Gasteiger partial charge in [0.1, 0.15) is 22.6 Å². The number of benzene rings is 2. The summed E-state index contributed by atoms with van der Waals surface area (Å²) in [5.41, 5.74) is 0.706. The van der Waals surface area contributed by atoms with Crippen LogP contribution in [0, 0.1) is 0 Å². The molecule has 0 bridgehead atoms. The Hall–Kier alpha value is -3.02. The van der Waals surface area contributed by atoms with Crippen molar-refractivity contribution in [2.45, 2.75) is 37.8 Å². The maximum absolute atomic E-state index is 13.7. The normalized spacial score (nSPS) is 21.2. The first-order valence-corrected chi connectivity index (χ1v) is 10.5. The molecule has 158 valence electrons. The van der Waals surface area contributed by atoms with Crippen molar-refractivity contribution in [2.24, 2.45) is 0 Å². The van der Waals surface area contributed by atoms with Crippen LogP contribution in [0.4, 0.5) is 0 Å². The zero-order chi connectivity index (χ0) is 21.1. The third-order valence-electron chi connectivity index (χ3n) is 6.30. The molecule has 0 radical (unpaired) electrons. The Morgan fingerprint density at radius 1 is 0.933 bits per heavy atom. The smallest absolute Gasteiger partial charge is 0.262 e. The summed E-state index contributed by atoms with van der Waals surface area (Å²) >= 11 is 0. The molecule has 2 heterocycles. The molecule has 6 heteroatoms. The van der Waals surface area contributed by atoms with E-state index in [2.05, 4.69) is 0 Å². The standard InChI is InChI=1S/C24H28N2O4/c1-29-19-11-6-12-20(30-2)21(19)22(27)26-16-8-14-24(26)13-7-15-25(23(24)28)17-18-9-4-3-5-10-18/h3-6,9-12H,7-8,13-17H2,1-2H3. The molecule has 4 rings (SSSR count). The highest BCUT2D eigenvalue weighted by Crippen LogP contribution is 2.41. The minimum atomic E-state index is -0.782. The Balaban J connectivity index is 1.65. The van der Waals surface area contributed by atoms with Crippen LogP contribution >= 0.6 is 0 Å². The van der Waals surface area contributed by atoms with E-state index >= 15 is 0 Å². The predicted octanol–water partition coefficient (Wildman–Crippen LogP) is 3.50. The van der Waals surface area contributed by atoms with Gasteiger partial charge in [-0.1, -0.05) is 36.4 Å². The largest absolute Gasteiger partial charge is 0.496 e. The number of piperidine rings is 1. The van der Waals surface area contributed by atoms with Gasteiger partial charge in [-0.2, -0.15) is 0 Å². The first-order valence-electron chi connectivity index (χ1n) is 10.5. The quantitative estimate of drug-likeness (QED) is 0.760. The number of likely N-dealkylation sites (tertiary alicyclic amines) is 2. The van der Waals surface area contributed by atoms with Crippen molar-refractivity contribution in [1.29, 1.82) is 0 Å². The average Bonchev–Trinajstić information content (AvgIpc) is 3.21. The first kappa shape index (κ1) is 20.3. The van der Waals surface area contributed by atoms with Gasteiger partial charge in [-0.15, -0.1) is 0 Å². The molecule has 1 unspecified atom stereocenters. The van der Waals surface area contributed by atoms with E-state index in [0.29, 0.717) is 43.0 Å². The monoisotopic (exact) mass is 408 g/mol. The van der Waals surface area contributed by atoms with E-state index in [9.17, 15) is 9.59 Å². The van der Waals surface area contributed by atoms with Gasteiger partial charge in [0.05, 0.1) is 14.2 Å². The van der Waals surface area contributed by atoms with Crippen molar-refractivity contribution >= 4 is 11.8 Å². The molecule has 0 aliphatic carbocycles. The summed E-state index contributed by atoms with van der Waals surface area (Å²) in [7, 11) is 3.08. The number of ether oxygens (including phenoxy) is 2. The van der Waals surface area contributed by atoms with E-state index in [1.165, 1.54) is 0 Å². The molecule has 2 aliphatic rings. The lowest BCUT2D eigenvalue weighted by molar-refractivity contribution is -0.146. The molecular formula is C24H28N2O4. The molecular weight excluding hydrogens is 380 g/mol. The van der Waals surface area contributed by atoms with Crippen LogP contribution in [0.1, 0.15) is 41.6 Å². The molecule has 2 fully saturated rings. The molecule has 2 saturated heterocycles. The molecule has 2 aliphatic heterocycles. The number of hydrogen-bond acceptors (Lipinski definition) is 4. The second-order valence-corrected chi connectivity index (χ2v) is 7.95. The fourth-order valence-electron chi connectivity index (χ4n) is 4.87. The Labute approximate surface area is 177 Å². The van der Waals surface area contributed by atoms with Crippen LogP contribution in [0.3, 0.4) is 0 Å². The third kappa shape index (κ3) is 3.40. The van der Waals surface area contributed by atoms with Gasteiger partial charge in [-0.3, -0.25) is 9.59 Å². The van der Waals surface area contributed by atoms with Crippen LogP contribution in [0.2, 0.25) is 0 Å². The zero-order valence-electron chi connectivity index (χ0n) is 17.6. The van der Waals surface area contributed by atoms with E-state index in [4.69, 9.17) is 9.47 Å². The van der Waals surface area contributed by atoms with Crippen molar-refractivity contribution < 1.29 is 19.1 Å². The Bertz CT molecular complexity index is 908. The number of rotatable bonds is 5. The number of hydrogen-bond donors (Lipinski definition) is 0. The lowest BCUT2D eigenvalue weighted by atomic mass is 9.84. The second-order valence-electron chi connectivity index (χ2n) is 7.95. The number of carbonyl (C=O) groups is 2. The molecule has 0 saturated carbocycles. The van der Waals surface area contributed by atoms with Crippen LogP contribution in [-0.2, 0) is 11.3 Å². The van der Waals surface area contributed by atoms with Gasteiger partial charge in [0.2, 0.25) is 5.91 Å². The summed E-state index contributed by atoms with van der Waals surface area (Å²) in [5, 5.41) is 0. The maximum atomic E-state index is 13.7. The van der Waals surface area contributed by atoms with E-state index < -0.39 is 5.54 Å². The molecule has 2 aromatic carbocycles. The molecule has 2 aromatic rings. The number of methoxy groups -OCH3 is 2. The van der Waals surface area contributed by atoms with Crippen molar-refractivity contribution in [3.8, 4) is 11.5 Å². The maximum Gasteiger partial charge on any atom is 0.262 e. The minimum absolute atomic E-state index is 0.0531. The van der Waals surface area contributed by atoms with Gasteiger partial charge in [0, 0.05) is 19.6 Å². The number of amides is 2. The van der Waals surface area contributed by atoms with Crippen molar-refractivity contribution in [3.05, 3.63) is 59.7 Å². The summed E-state index contributed by atoms with van der Waals surface area (Å²) in [6, 6.07) is 15.3. The van der Waals surface area contributed by atoms with Crippen LogP contribution in [0.15, 0.2) is 48.5 Å². The van der Waals surface area contributed by atoms with Gasteiger partial charge in [0.25, 0.3) is 5.91 Å². The fraction of sp³-hybridized carbons (Fsp3) is 0.417. The first-order chi connectivity index (χ1) is 14.6. The van der Waals surface area contributed by atoms with Gasteiger partial charge < -0.3 is 19.3 Å². The molecule has 6 nitrogen and oxygen atoms in total. The Kier molecular flexibility index (Phi) is 5.66. The van der Waals surface area contributed by atoms with Gasteiger partial charge in [0.15, 0.2) is 0 Å². The number of carbonyl (C=O) groups excluding carboxylic acids is 2. The third-order valence-corrected chi connectivity index (χ3v) is 6.30. The molecule has 1 spiro atoms. The summed E-state index contributed by atoms with van der Waals surface area (Å²) in [6.07, 6.45) is 3.08. The fourth-order valence-corrected chi connectivity index (χ4v) is 4.87. The predicted molar refractivity (Wildman–Crippen MR) is 114 cm³/mol. The van der Waals surface area contributed by atoms with Gasteiger partial charge in [-0.25, -0.2) is 0 Å². The highest BCUT2D eigenvalue weighted by molar-refractivity contribution is 6.03. The summed E-state index contributed by atoms with van der Waals surface area (Å²) in [6.45, 7) is 1.85. The SMILES string of the molecule is COc1cccc(OC)c1C(=O)N1CCCC12CCCN(Cc1ccccc1)C2=O. The topological polar surface area (TPSA) is 59.1 Å². The van der Waals surface area contributed by atoms with Gasteiger partial charge in [-0.05, 0) is 43.4 Å². The summed E-state index contributed by atoms with van der Waals surface area (Å²) < 4.78 is 10.9. The van der Waals surface area contributed by atoms with E-state index in [-0.39, 0.29) is 11.8 Å². The molecule has 0 N–H and O–H groups in total. The van der Waals surface area contributed by atoms with E-state index in [0.717, 1.165) is 24.9 Å². The van der Waals surface area contributed by atoms with Crippen molar-refractivity contribution in [2.75, 3.05) is 27.3 Å². The minimum Gasteiger partial charge on any atom is -0.496 e. The van der Waals surface area contributed by atoms with Crippen LogP contribution in [0.5, 0.6) is 11.5 Å². The lowest BCUT2D eigenvalue weighted by Gasteiger charge is -2.44.